The summed E-state index contributed by atoms with van der Waals surface area (Å²) in [4.78, 5) is 12.2. The molecule has 0 bridgehead atoms. The Morgan fingerprint density at radius 2 is 1.80 bits per heavy atom. The molecule has 20 heavy (non-hydrogen) atoms. The lowest BCUT2D eigenvalue weighted by atomic mass is 10.0. The van der Waals surface area contributed by atoms with Gasteiger partial charge in [0.05, 0.1) is 0 Å². The van der Waals surface area contributed by atoms with Crippen LogP contribution in [-0.2, 0) is 4.74 Å². The van der Waals surface area contributed by atoms with Crippen molar-refractivity contribution >= 4 is 5.78 Å². The van der Waals surface area contributed by atoms with E-state index in [0.717, 1.165) is 11.3 Å². The maximum absolute atomic E-state index is 12.2. The molecule has 4 rings (SSSR count). The van der Waals surface area contributed by atoms with Gasteiger partial charge in [0, 0.05) is 5.56 Å². The summed E-state index contributed by atoms with van der Waals surface area (Å²) < 4.78 is 16.1. The fourth-order valence-corrected chi connectivity index (χ4v) is 2.42. The number of Topliss-reactive ketones (excluding diaryl/α,β-unsaturated/α-hetero) is 1. The summed E-state index contributed by atoms with van der Waals surface area (Å²) >= 11 is 0. The van der Waals surface area contributed by atoms with Crippen molar-refractivity contribution in [3.63, 3.8) is 0 Å². The Morgan fingerprint density at radius 3 is 2.65 bits per heavy atom. The van der Waals surface area contributed by atoms with E-state index in [0.29, 0.717) is 11.3 Å². The molecule has 1 saturated heterocycles. The van der Waals surface area contributed by atoms with Crippen molar-refractivity contribution in [2.45, 2.75) is 12.2 Å². The average Bonchev–Trinajstić information content (AvgIpc) is 3.17. The zero-order chi connectivity index (χ0) is 13.5. The number of carbonyl (C=O) groups excluding carboxylic acids is 1. The second-order valence-electron chi connectivity index (χ2n) is 4.82. The third-order valence-corrected chi connectivity index (χ3v) is 3.53. The van der Waals surface area contributed by atoms with Gasteiger partial charge in [0.1, 0.15) is 6.10 Å². The molecule has 0 unspecified atom stereocenters. The summed E-state index contributed by atoms with van der Waals surface area (Å²) in [5.74, 6) is 1.47. The number of carbonyl (C=O) groups is 1. The van der Waals surface area contributed by atoms with E-state index in [4.69, 9.17) is 14.2 Å². The zero-order valence-electron chi connectivity index (χ0n) is 10.6. The Kier molecular flexibility index (Phi) is 2.50. The van der Waals surface area contributed by atoms with E-state index in [-0.39, 0.29) is 18.7 Å². The summed E-state index contributed by atoms with van der Waals surface area (Å²) in [6.07, 6.45) is -0.574. The average molecular weight is 268 g/mol. The first-order valence-electron chi connectivity index (χ1n) is 6.47. The molecule has 4 heteroatoms. The van der Waals surface area contributed by atoms with Gasteiger partial charge in [-0.25, -0.2) is 0 Å². The van der Waals surface area contributed by atoms with Crippen molar-refractivity contribution in [3.05, 3.63) is 59.7 Å². The number of rotatable bonds is 3. The standard InChI is InChI=1S/C16H12O4/c17-14(10-4-2-1-3-5-10)16-15(20-16)11-6-7-12-13(8-11)19-9-18-12/h1-8,15-16H,9H2/t15-,16+/m0/s1. The third-order valence-electron chi connectivity index (χ3n) is 3.53. The SMILES string of the molecule is O=C(c1ccccc1)[C@H]1O[C@H]1c1ccc2c(c1)OCO2. The van der Waals surface area contributed by atoms with Gasteiger partial charge in [0.2, 0.25) is 6.79 Å². The molecular weight excluding hydrogens is 256 g/mol. The summed E-state index contributed by atoms with van der Waals surface area (Å²) in [6, 6.07) is 14.9. The lowest BCUT2D eigenvalue weighted by Crippen LogP contribution is -2.07. The van der Waals surface area contributed by atoms with E-state index in [1.807, 2.05) is 36.4 Å². The molecule has 4 nitrogen and oxygen atoms in total. The Hall–Kier alpha value is -2.33. The maximum atomic E-state index is 12.2. The molecular formula is C16H12O4. The van der Waals surface area contributed by atoms with Crippen molar-refractivity contribution in [1.29, 1.82) is 0 Å². The summed E-state index contributed by atoms with van der Waals surface area (Å²) in [6.45, 7) is 0.247. The van der Waals surface area contributed by atoms with Crippen LogP contribution in [0.3, 0.4) is 0 Å². The van der Waals surface area contributed by atoms with Crippen LogP contribution in [0.25, 0.3) is 0 Å². The summed E-state index contributed by atoms with van der Waals surface area (Å²) in [5.41, 5.74) is 1.63. The fourth-order valence-electron chi connectivity index (χ4n) is 2.42. The quantitative estimate of drug-likeness (QED) is 0.634. The van der Waals surface area contributed by atoms with Crippen molar-refractivity contribution in [2.75, 3.05) is 6.79 Å². The number of epoxide rings is 1. The van der Waals surface area contributed by atoms with Gasteiger partial charge >= 0.3 is 0 Å². The number of hydrogen-bond acceptors (Lipinski definition) is 4. The fraction of sp³-hybridized carbons (Fsp3) is 0.188. The lowest BCUT2D eigenvalue weighted by molar-refractivity contribution is 0.0953. The predicted molar refractivity (Wildman–Crippen MR) is 71.0 cm³/mol. The Morgan fingerprint density at radius 1 is 1.00 bits per heavy atom. The Labute approximate surface area is 115 Å². The second kappa shape index (κ2) is 4.35. The molecule has 0 radical (unpaired) electrons. The van der Waals surface area contributed by atoms with E-state index in [9.17, 15) is 4.79 Å². The lowest BCUT2D eigenvalue weighted by Gasteiger charge is -1.99. The highest BCUT2D eigenvalue weighted by Gasteiger charge is 2.46. The van der Waals surface area contributed by atoms with Crippen molar-refractivity contribution in [2.24, 2.45) is 0 Å². The largest absolute Gasteiger partial charge is 0.454 e. The molecule has 2 heterocycles. The Bertz CT molecular complexity index is 665. The van der Waals surface area contributed by atoms with E-state index in [1.54, 1.807) is 12.1 Å². The molecule has 100 valence electrons. The van der Waals surface area contributed by atoms with Crippen LogP contribution >= 0.6 is 0 Å². The van der Waals surface area contributed by atoms with Crippen molar-refractivity contribution in [1.82, 2.24) is 0 Å². The van der Waals surface area contributed by atoms with Gasteiger partial charge in [-0.15, -0.1) is 0 Å². The van der Waals surface area contributed by atoms with Gasteiger partial charge in [-0.05, 0) is 17.7 Å². The summed E-state index contributed by atoms with van der Waals surface area (Å²) in [5, 5.41) is 0. The highest BCUT2D eigenvalue weighted by Crippen LogP contribution is 2.44. The third kappa shape index (κ3) is 1.85. The van der Waals surface area contributed by atoms with Gasteiger partial charge in [-0.1, -0.05) is 36.4 Å². The topological polar surface area (TPSA) is 48.1 Å². The highest BCUT2D eigenvalue weighted by atomic mass is 16.7. The van der Waals surface area contributed by atoms with E-state index in [2.05, 4.69) is 0 Å². The molecule has 0 aromatic heterocycles. The van der Waals surface area contributed by atoms with Crippen LogP contribution in [-0.4, -0.2) is 18.7 Å². The van der Waals surface area contributed by atoms with Crippen LogP contribution in [0.5, 0.6) is 11.5 Å². The van der Waals surface area contributed by atoms with Crippen molar-refractivity contribution in [3.8, 4) is 11.5 Å². The maximum Gasteiger partial charge on any atom is 0.231 e. The molecule has 0 N–H and O–H groups in total. The molecule has 0 aliphatic carbocycles. The van der Waals surface area contributed by atoms with Crippen molar-refractivity contribution < 1.29 is 19.0 Å². The van der Waals surface area contributed by atoms with Crippen LogP contribution < -0.4 is 9.47 Å². The molecule has 2 aromatic rings. The zero-order valence-corrected chi connectivity index (χ0v) is 10.6. The Balaban J connectivity index is 1.54. The molecule has 2 aliphatic heterocycles. The normalized spacial score (nSPS) is 22.6. The molecule has 2 aliphatic rings. The molecule has 2 atom stereocenters. The molecule has 0 saturated carbocycles. The first-order valence-corrected chi connectivity index (χ1v) is 6.47. The summed E-state index contributed by atoms with van der Waals surface area (Å²) in [7, 11) is 0. The second-order valence-corrected chi connectivity index (χ2v) is 4.82. The van der Waals surface area contributed by atoms with Gasteiger partial charge in [0.25, 0.3) is 0 Å². The number of ketones is 1. The van der Waals surface area contributed by atoms with E-state index < -0.39 is 6.10 Å². The van der Waals surface area contributed by atoms with Crippen LogP contribution in [0.4, 0.5) is 0 Å². The van der Waals surface area contributed by atoms with Crippen LogP contribution in [0.1, 0.15) is 22.0 Å². The van der Waals surface area contributed by atoms with Crippen LogP contribution in [0.15, 0.2) is 48.5 Å². The van der Waals surface area contributed by atoms with E-state index >= 15 is 0 Å². The smallest absolute Gasteiger partial charge is 0.231 e. The minimum absolute atomic E-state index is 0.0215. The van der Waals surface area contributed by atoms with Gasteiger partial charge < -0.3 is 14.2 Å². The van der Waals surface area contributed by atoms with Crippen LogP contribution in [0.2, 0.25) is 0 Å². The monoisotopic (exact) mass is 268 g/mol. The minimum Gasteiger partial charge on any atom is -0.454 e. The highest BCUT2D eigenvalue weighted by molar-refractivity contribution is 6.01. The molecule has 0 spiro atoms. The molecule has 0 amide bonds. The first kappa shape index (κ1) is 11.5. The minimum atomic E-state index is -0.391. The van der Waals surface area contributed by atoms with Crippen LogP contribution in [0, 0.1) is 0 Å². The first-order chi connectivity index (χ1) is 9.83. The van der Waals surface area contributed by atoms with E-state index in [1.165, 1.54) is 0 Å². The molecule has 1 fully saturated rings. The molecule has 2 aromatic carbocycles. The number of fused-ring (bicyclic) bond motifs is 1. The van der Waals surface area contributed by atoms with Gasteiger partial charge in [-0.3, -0.25) is 4.79 Å². The van der Waals surface area contributed by atoms with Gasteiger partial charge in [0.15, 0.2) is 23.4 Å². The predicted octanol–water partition coefficient (Wildman–Crippen LogP) is 2.74. The number of hydrogen-bond donors (Lipinski definition) is 0. The van der Waals surface area contributed by atoms with Gasteiger partial charge in [-0.2, -0.15) is 0 Å². The number of benzene rings is 2. The number of ether oxygens (including phenoxy) is 3.